The van der Waals surface area contributed by atoms with Gasteiger partial charge in [-0.3, -0.25) is 0 Å². The summed E-state index contributed by atoms with van der Waals surface area (Å²) in [5.41, 5.74) is 1.16. The average molecular weight is 279 g/mol. The number of hydrogen-bond donors (Lipinski definition) is 0. The van der Waals surface area contributed by atoms with Gasteiger partial charge in [0.05, 0.1) is 6.10 Å². The quantitative estimate of drug-likeness (QED) is 0.539. The molecule has 0 radical (unpaired) electrons. The van der Waals surface area contributed by atoms with Crippen molar-refractivity contribution < 1.29 is 21.7 Å². The summed E-state index contributed by atoms with van der Waals surface area (Å²) in [7, 11) is 0. The fourth-order valence-corrected chi connectivity index (χ4v) is 1.78. The van der Waals surface area contributed by atoms with Crippen LogP contribution in [0.1, 0.15) is 31.2 Å². The number of hydrogen-bond acceptors (Lipinski definition) is 1. The monoisotopic (exact) mass is 278 g/mol. The molecule has 1 aliphatic rings. The summed E-state index contributed by atoms with van der Waals surface area (Å²) in [5, 5.41) is 0. The molecule has 78 valence electrons. The minimum absolute atomic E-state index is 0. The zero-order valence-corrected chi connectivity index (χ0v) is 11.9. The molecular formula is C12H15BrMgO. The van der Waals surface area contributed by atoms with Crippen LogP contribution >= 0.6 is 0 Å². The molecule has 3 heteroatoms. The molecule has 0 amide bonds. The first-order valence-corrected chi connectivity index (χ1v) is 5.02. The van der Waals surface area contributed by atoms with E-state index < -0.39 is 0 Å². The minimum Gasteiger partial charge on any atom is -1.00 e. The maximum Gasteiger partial charge on any atom is 2.00 e. The third kappa shape index (κ3) is 5.34. The van der Waals surface area contributed by atoms with Crippen molar-refractivity contribution in [2.75, 3.05) is 0 Å². The Labute approximate surface area is 119 Å². The number of halogens is 1. The van der Waals surface area contributed by atoms with E-state index in [1.807, 2.05) is 18.2 Å². The van der Waals surface area contributed by atoms with E-state index in [9.17, 15) is 0 Å². The van der Waals surface area contributed by atoms with Gasteiger partial charge in [-0.2, -0.15) is 30.3 Å². The standard InChI is InChI=1S/C12H15O.BrH.Mg/c1-2-6-11(7-3-1)10-13-12-8-4-5-9-12;;/h1-3,6,12H,4-5,8-10H2;1H;/q-1;;+2/p-1. The molecule has 0 atom stereocenters. The molecule has 15 heavy (non-hydrogen) atoms. The van der Waals surface area contributed by atoms with Crippen molar-refractivity contribution in [1.29, 1.82) is 0 Å². The van der Waals surface area contributed by atoms with E-state index in [2.05, 4.69) is 12.1 Å². The van der Waals surface area contributed by atoms with Crippen LogP contribution in [0.3, 0.4) is 0 Å². The summed E-state index contributed by atoms with van der Waals surface area (Å²) in [6, 6.07) is 11.2. The Morgan fingerprint density at radius 2 is 2.00 bits per heavy atom. The van der Waals surface area contributed by atoms with Gasteiger partial charge in [-0.05, 0) is 12.8 Å². The van der Waals surface area contributed by atoms with Crippen LogP contribution in [0.25, 0.3) is 0 Å². The number of ether oxygens (including phenoxy) is 1. The summed E-state index contributed by atoms with van der Waals surface area (Å²) in [5.74, 6) is 0. The van der Waals surface area contributed by atoms with Gasteiger partial charge in [0.2, 0.25) is 0 Å². The predicted molar refractivity (Wildman–Crippen MR) is 58.1 cm³/mol. The van der Waals surface area contributed by atoms with Gasteiger partial charge in [0.25, 0.3) is 0 Å². The molecule has 1 aliphatic carbocycles. The molecule has 0 bridgehead atoms. The van der Waals surface area contributed by atoms with Gasteiger partial charge in [0.1, 0.15) is 0 Å². The van der Waals surface area contributed by atoms with Crippen LogP contribution in [0.5, 0.6) is 0 Å². The van der Waals surface area contributed by atoms with Gasteiger partial charge < -0.3 is 21.7 Å². The van der Waals surface area contributed by atoms with Crippen LogP contribution in [-0.2, 0) is 11.3 Å². The van der Waals surface area contributed by atoms with Crippen LogP contribution in [0.4, 0.5) is 0 Å². The molecule has 0 heterocycles. The van der Waals surface area contributed by atoms with Crippen LogP contribution < -0.4 is 17.0 Å². The second kappa shape index (κ2) is 8.56. The SMILES string of the molecule is [Br-].[Mg+2].[c-]1ccccc1COC1CCCC1. The van der Waals surface area contributed by atoms with E-state index in [0.717, 1.165) is 12.2 Å². The third-order valence-corrected chi connectivity index (χ3v) is 2.55. The fraction of sp³-hybridized carbons (Fsp3) is 0.500. The zero-order chi connectivity index (χ0) is 8.93. The topological polar surface area (TPSA) is 9.23 Å². The van der Waals surface area contributed by atoms with Gasteiger partial charge in [0, 0.05) is 6.61 Å². The summed E-state index contributed by atoms with van der Waals surface area (Å²) in [6.07, 6.45) is 5.67. The zero-order valence-electron chi connectivity index (χ0n) is 8.92. The predicted octanol–water partition coefficient (Wildman–Crippen LogP) is -0.431. The van der Waals surface area contributed by atoms with E-state index in [-0.39, 0.29) is 40.0 Å². The first-order valence-electron chi connectivity index (χ1n) is 5.02. The molecule has 2 rings (SSSR count). The summed E-state index contributed by atoms with van der Waals surface area (Å²) < 4.78 is 5.76. The van der Waals surface area contributed by atoms with Crippen LogP contribution in [0.15, 0.2) is 24.3 Å². The normalized spacial score (nSPS) is 15.5. The molecule has 0 N–H and O–H groups in total. The van der Waals surface area contributed by atoms with Gasteiger partial charge in [-0.1, -0.05) is 12.8 Å². The third-order valence-electron chi connectivity index (χ3n) is 2.55. The largest absolute Gasteiger partial charge is 2.00 e. The Balaban J connectivity index is 0.000000980. The second-order valence-corrected chi connectivity index (χ2v) is 3.61. The molecule has 1 fully saturated rings. The Hall–Kier alpha value is 0.426. The molecule has 1 saturated carbocycles. The fourth-order valence-electron chi connectivity index (χ4n) is 1.78. The van der Waals surface area contributed by atoms with E-state index >= 15 is 0 Å². The maximum absolute atomic E-state index is 5.76. The van der Waals surface area contributed by atoms with Crippen molar-refractivity contribution in [2.24, 2.45) is 0 Å². The minimum atomic E-state index is 0. The molecule has 0 aliphatic heterocycles. The summed E-state index contributed by atoms with van der Waals surface area (Å²) >= 11 is 0. The van der Waals surface area contributed by atoms with Crippen LogP contribution in [0, 0.1) is 6.07 Å². The Kier molecular flexibility index (Phi) is 8.81. The van der Waals surface area contributed by atoms with Gasteiger partial charge in [0.15, 0.2) is 0 Å². The molecular weight excluding hydrogens is 264 g/mol. The Morgan fingerprint density at radius 1 is 1.27 bits per heavy atom. The van der Waals surface area contributed by atoms with Crippen molar-refractivity contribution in [3.8, 4) is 0 Å². The first kappa shape index (κ1) is 15.4. The summed E-state index contributed by atoms with van der Waals surface area (Å²) in [6.45, 7) is 0.728. The molecule has 0 unspecified atom stereocenters. The Bertz CT molecular complexity index is 247. The van der Waals surface area contributed by atoms with Gasteiger partial charge in [-0.25, -0.2) is 0 Å². The number of rotatable bonds is 3. The molecule has 1 aromatic carbocycles. The van der Waals surface area contributed by atoms with Crippen molar-refractivity contribution in [1.82, 2.24) is 0 Å². The molecule has 1 nitrogen and oxygen atoms in total. The molecule has 0 saturated heterocycles. The van der Waals surface area contributed by atoms with E-state index in [1.54, 1.807) is 0 Å². The van der Waals surface area contributed by atoms with Gasteiger partial charge >= 0.3 is 23.1 Å². The number of benzene rings is 1. The van der Waals surface area contributed by atoms with E-state index in [0.29, 0.717) is 6.10 Å². The van der Waals surface area contributed by atoms with Crippen molar-refractivity contribution in [3.05, 3.63) is 35.9 Å². The molecule has 0 spiro atoms. The van der Waals surface area contributed by atoms with E-state index in [4.69, 9.17) is 4.74 Å². The van der Waals surface area contributed by atoms with Crippen molar-refractivity contribution in [3.63, 3.8) is 0 Å². The molecule has 1 aromatic rings. The smallest absolute Gasteiger partial charge is 1.00 e. The van der Waals surface area contributed by atoms with Gasteiger partial charge in [-0.15, -0.1) is 5.56 Å². The van der Waals surface area contributed by atoms with Crippen LogP contribution in [-0.4, -0.2) is 29.2 Å². The summed E-state index contributed by atoms with van der Waals surface area (Å²) in [4.78, 5) is 0. The molecule has 0 aromatic heterocycles. The van der Waals surface area contributed by atoms with Crippen LogP contribution in [0.2, 0.25) is 0 Å². The Morgan fingerprint density at radius 3 is 2.60 bits per heavy atom. The maximum atomic E-state index is 5.76. The van der Waals surface area contributed by atoms with Crippen molar-refractivity contribution in [2.45, 2.75) is 38.4 Å². The van der Waals surface area contributed by atoms with E-state index in [1.165, 1.54) is 25.7 Å². The van der Waals surface area contributed by atoms with Crippen molar-refractivity contribution >= 4 is 23.1 Å². The first-order chi connectivity index (χ1) is 6.45. The second-order valence-electron chi connectivity index (χ2n) is 3.61. The average Bonchev–Trinajstić information content (AvgIpc) is 2.69.